The number of likely N-dealkylation sites (tertiary alicyclic amines) is 1. The SMILES string of the molecule is Cc1cc(C(=O)N2CCC[C@H](O)C2)nn1C. The van der Waals surface area contributed by atoms with Crippen molar-refractivity contribution in [2.24, 2.45) is 7.05 Å². The molecular weight excluding hydrogens is 206 g/mol. The van der Waals surface area contributed by atoms with Crippen LogP contribution in [0.3, 0.4) is 0 Å². The van der Waals surface area contributed by atoms with Crippen LogP contribution >= 0.6 is 0 Å². The van der Waals surface area contributed by atoms with Crippen LogP contribution < -0.4 is 0 Å². The van der Waals surface area contributed by atoms with E-state index in [1.807, 2.05) is 14.0 Å². The number of aryl methyl sites for hydroxylation is 2. The van der Waals surface area contributed by atoms with Crippen molar-refractivity contribution in [1.82, 2.24) is 14.7 Å². The first-order valence-electron chi connectivity index (χ1n) is 5.56. The molecule has 1 aliphatic heterocycles. The van der Waals surface area contributed by atoms with E-state index in [-0.39, 0.29) is 12.0 Å². The summed E-state index contributed by atoms with van der Waals surface area (Å²) in [6.07, 6.45) is 1.26. The molecule has 5 heteroatoms. The first-order valence-corrected chi connectivity index (χ1v) is 5.56. The summed E-state index contributed by atoms with van der Waals surface area (Å²) in [5, 5.41) is 13.7. The summed E-state index contributed by atoms with van der Waals surface area (Å²) in [6, 6.07) is 1.78. The second-order valence-corrected chi connectivity index (χ2v) is 4.34. The Hall–Kier alpha value is -1.36. The molecule has 1 saturated heterocycles. The van der Waals surface area contributed by atoms with Crippen LogP contribution in [0.5, 0.6) is 0 Å². The van der Waals surface area contributed by atoms with Gasteiger partial charge in [-0.05, 0) is 25.8 Å². The smallest absolute Gasteiger partial charge is 0.274 e. The Morgan fingerprint density at radius 3 is 2.94 bits per heavy atom. The first kappa shape index (κ1) is 11.1. The fraction of sp³-hybridized carbons (Fsp3) is 0.636. The number of amides is 1. The van der Waals surface area contributed by atoms with Crippen molar-refractivity contribution >= 4 is 5.91 Å². The minimum Gasteiger partial charge on any atom is -0.391 e. The Morgan fingerprint density at radius 1 is 1.62 bits per heavy atom. The maximum Gasteiger partial charge on any atom is 0.274 e. The molecule has 1 aliphatic rings. The number of rotatable bonds is 1. The fourth-order valence-corrected chi connectivity index (χ4v) is 1.97. The number of aliphatic hydroxyl groups excluding tert-OH is 1. The number of β-amino-alcohol motifs (C(OH)–C–C–N with tert-alkyl or cyclic N) is 1. The van der Waals surface area contributed by atoms with E-state index in [0.717, 1.165) is 18.5 Å². The summed E-state index contributed by atoms with van der Waals surface area (Å²) in [7, 11) is 1.82. The molecule has 1 atom stereocenters. The summed E-state index contributed by atoms with van der Waals surface area (Å²) in [5.74, 6) is -0.0811. The van der Waals surface area contributed by atoms with E-state index >= 15 is 0 Å². The molecule has 0 radical (unpaired) electrons. The highest BCUT2D eigenvalue weighted by Crippen LogP contribution is 2.13. The highest BCUT2D eigenvalue weighted by molar-refractivity contribution is 5.92. The molecule has 1 N–H and O–H groups in total. The molecule has 0 unspecified atom stereocenters. The zero-order valence-electron chi connectivity index (χ0n) is 9.68. The van der Waals surface area contributed by atoms with Gasteiger partial charge in [-0.15, -0.1) is 0 Å². The molecule has 1 aromatic heterocycles. The number of carbonyl (C=O) groups excluding carboxylic acids is 1. The molecule has 0 spiro atoms. The van der Waals surface area contributed by atoms with Crippen LogP contribution in [0.15, 0.2) is 6.07 Å². The lowest BCUT2D eigenvalue weighted by Crippen LogP contribution is -2.42. The topological polar surface area (TPSA) is 58.4 Å². The second kappa shape index (κ2) is 4.25. The highest BCUT2D eigenvalue weighted by atomic mass is 16.3. The van der Waals surface area contributed by atoms with Crippen LogP contribution in [0.2, 0.25) is 0 Å². The number of carbonyl (C=O) groups is 1. The van der Waals surface area contributed by atoms with Crippen molar-refractivity contribution < 1.29 is 9.90 Å². The van der Waals surface area contributed by atoms with E-state index in [1.165, 1.54) is 0 Å². The molecule has 16 heavy (non-hydrogen) atoms. The molecule has 1 aromatic rings. The van der Waals surface area contributed by atoms with Crippen LogP contribution in [0.4, 0.5) is 0 Å². The number of hydrogen-bond donors (Lipinski definition) is 1. The number of nitrogens with zero attached hydrogens (tertiary/aromatic N) is 3. The number of hydrogen-bond acceptors (Lipinski definition) is 3. The Balaban J connectivity index is 2.12. The summed E-state index contributed by atoms with van der Waals surface area (Å²) in [5.41, 5.74) is 1.43. The molecule has 2 heterocycles. The average molecular weight is 223 g/mol. The normalized spacial score (nSPS) is 21.2. The van der Waals surface area contributed by atoms with E-state index in [1.54, 1.807) is 15.6 Å². The van der Waals surface area contributed by atoms with Gasteiger partial charge < -0.3 is 10.0 Å². The zero-order valence-corrected chi connectivity index (χ0v) is 9.68. The molecule has 1 fully saturated rings. The van der Waals surface area contributed by atoms with Gasteiger partial charge in [-0.25, -0.2) is 0 Å². The van der Waals surface area contributed by atoms with Crippen LogP contribution in [0.1, 0.15) is 29.0 Å². The third kappa shape index (κ3) is 2.09. The summed E-state index contributed by atoms with van der Waals surface area (Å²) < 4.78 is 1.69. The Labute approximate surface area is 94.7 Å². The van der Waals surface area contributed by atoms with Gasteiger partial charge in [0.05, 0.1) is 6.10 Å². The van der Waals surface area contributed by atoms with Crippen LogP contribution in [0, 0.1) is 6.92 Å². The predicted octanol–water partition coefficient (Wildman–Crippen LogP) is 0.325. The Bertz CT molecular complexity index is 380. The average Bonchev–Trinajstić information content (AvgIpc) is 2.58. The van der Waals surface area contributed by atoms with E-state index in [9.17, 15) is 9.90 Å². The molecular formula is C11H17N3O2. The van der Waals surface area contributed by atoms with Gasteiger partial charge in [-0.3, -0.25) is 9.48 Å². The number of piperidine rings is 1. The van der Waals surface area contributed by atoms with Crippen molar-refractivity contribution in [2.45, 2.75) is 25.9 Å². The highest BCUT2D eigenvalue weighted by Gasteiger charge is 2.24. The molecule has 5 nitrogen and oxygen atoms in total. The molecule has 1 amide bonds. The standard InChI is InChI=1S/C11H17N3O2/c1-8-6-10(12-13(8)2)11(16)14-5-3-4-9(15)7-14/h6,9,15H,3-5,7H2,1-2H3/t9-/m0/s1. The number of aliphatic hydroxyl groups is 1. The van der Waals surface area contributed by atoms with Gasteiger partial charge in [0.2, 0.25) is 0 Å². The lowest BCUT2D eigenvalue weighted by atomic mass is 10.1. The summed E-state index contributed by atoms with van der Waals surface area (Å²) >= 11 is 0. The maximum atomic E-state index is 12.0. The molecule has 0 saturated carbocycles. The van der Waals surface area contributed by atoms with Crippen molar-refractivity contribution in [3.63, 3.8) is 0 Å². The maximum absolute atomic E-state index is 12.0. The zero-order chi connectivity index (χ0) is 11.7. The molecule has 88 valence electrons. The van der Waals surface area contributed by atoms with Gasteiger partial charge in [0.25, 0.3) is 5.91 Å². The second-order valence-electron chi connectivity index (χ2n) is 4.34. The fourth-order valence-electron chi connectivity index (χ4n) is 1.97. The van der Waals surface area contributed by atoms with Crippen molar-refractivity contribution in [3.8, 4) is 0 Å². The van der Waals surface area contributed by atoms with Crippen molar-refractivity contribution in [1.29, 1.82) is 0 Å². The van der Waals surface area contributed by atoms with Crippen LogP contribution in [-0.2, 0) is 7.05 Å². The van der Waals surface area contributed by atoms with Gasteiger partial charge in [0.1, 0.15) is 0 Å². The van der Waals surface area contributed by atoms with Crippen LogP contribution in [0.25, 0.3) is 0 Å². The summed E-state index contributed by atoms with van der Waals surface area (Å²) in [6.45, 7) is 3.05. The Kier molecular flexibility index (Phi) is 2.96. The third-order valence-electron chi connectivity index (χ3n) is 3.02. The predicted molar refractivity (Wildman–Crippen MR) is 59.1 cm³/mol. The largest absolute Gasteiger partial charge is 0.391 e. The molecule has 2 rings (SSSR count). The van der Waals surface area contributed by atoms with Gasteiger partial charge in [-0.2, -0.15) is 5.10 Å². The molecule has 0 aliphatic carbocycles. The number of aromatic nitrogens is 2. The monoisotopic (exact) mass is 223 g/mol. The van der Waals surface area contributed by atoms with Gasteiger partial charge >= 0.3 is 0 Å². The van der Waals surface area contributed by atoms with E-state index in [0.29, 0.717) is 18.8 Å². The minimum atomic E-state index is -0.387. The Morgan fingerprint density at radius 2 is 2.38 bits per heavy atom. The van der Waals surface area contributed by atoms with Gasteiger partial charge in [0, 0.05) is 25.8 Å². The third-order valence-corrected chi connectivity index (χ3v) is 3.02. The van der Waals surface area contributed by atoms with Crippen molar-refractivity contribution in [2.75, 3.05) is 13.1 Å². The molecule has 0 bridgehead atoms. The van der Waals surface area contributed by atoms with E-state index in [2.05, 4.69) is 5.10 Å². The quantitative estimate of drug-likeness (QED) is 0.746. The van der Waals surface area contributed by atoms with Gasteiger partial charge in [0.15, 0.2) is 5.69 Å². The molecule has 0 aromatic carbocycles. The van der Waals surface area contributed by atoms with Crippen LogP contribution in [-0.4, -0.2) is 44.9 Å². The van der Waals surface area contributed by atoms with Gasteiger partial charge in [-0.1, -0.05) is 0 Å². The lowest BCUT2D eigenvalue weighted by Gasteiger charge is -2.29. The van der Waals surface area contributed by atoms with Crippen molar-refractivity contribution in [3.05, 3.63) is 17.5 Å². The van der Waals surface area contributed by atoms with E-state index < -0.39 is 0 Å². The van der Waals surface area contributed by atoms with E-state index in [4.69, 9.17) is 0 Å². The lowest BCUT2D eigenvalue weighted by molar-refractivity contribution is 0.0468. The first-order chi connectivity index (χ1) is 7.58. The summed E-state index contributed by atoms with van der Waals surface area (Å²) in [4.78, 5) is 13.7. The minimum absolute atomic E-state index is 0.0811.